The number of aliphatic hydroxyl groups is 2. The molecule has 0 spiro atoms. The maximum atomic E-state index is 10.7. The number of aliphatic hydroxyl groups excluding tert-OH is 2. The van der Waals surface area contributed by atoms with E-state index >= 15 is 0 Å². The highest BCUT2D eigenvalue weighted by Gasteiger charge is 2.35. The van der Waals surface area contributed by atoms with Gasteiger partial charge in [0.05, 0.1) is 28.7 Å². The van der Waals surface area contributed by atoms with E-state index in [1.54, 1.807) is 6.07 Å². The smallest absolute Gasteiger partial charge is 0.271 e. The molecule has 8 heteroatoms. The Morgan fingerprint density at radius 2 is 2.35 bits per heavy atom. The summed E-state index contributed by atoms with van der Waals surface area (Å²) in [6.07, 6.45) is -1.49. The number of nitro benzene ring substituents is 1. The number of hydrogen-bond donors (Lipinski definition) is 3. The normalized spacial score (nSPS) is 26.2. The first-order valence-electron chi connectivity index (χ1n) is 6.17. The summed E-state index contributed by atoms with van der Waals surface area (Å²) in [6, 6.07) is 4.34. The second-order valence-electron chi connectivity index (χ2n) is 4.73. The zero-order valence-electron chi connectivity index (χ0n) is 10.4. The molecule has 0 amide bonds. The minimum absolute atomic E-state index is 0.0201. The third kappa shape index (κ3) is 2.13. The number of imidazole rings is 1. The standard InChI is InChI=1S/C12H13N3O5/c16-5-11-9(17)4-10(20-11)12-13-7-2-1-6(15(18)19)3-8(7)14-12/h1-3,9-11,16-17H,4-5H2,(H,13,14)/t9-,10+,11+/m0/s1. The van der Waals surface area contributed by atoms with Gasteiger partial charge in [0.25, 0.3) is 5.69 Å². The minimum Gasteiger partial charge on any atom is -0.394 e. The number of fused-ring (bicyclic) bond motifs is 1. The Bertz CT molecular complexity index is 656. The minimum atomic E-state index is -0.743. The van der Waals surface area contributed by atoms with Crippen molar-refractivity contribution in [3.63, 3.8) is 0 Å². The number of non-ortho nitro benzene ring substituents is 1. The Morgan fingerprint density at radius 3 is 3.00 bits per heavy atom. The van der Waals surface area contributed by atoms with Crippen LogP contribution >= 0.6 is 0 Å². The lowest BCUT2D eigenvalue weighted by atomic mass is 10.1. The Labute approximate surface area is 113 Å². The molecular weight excluding hydrogens is 266 g/mol. The fourth-order valence-corrected chi connectivity index (χ4v) is 2.35. The summed E-state index contributed by atoms with van der Waals surface area (Å²) in [7, 11) is 0. The van der Waals surface area contributed by atoms with Crippen molar-refractivity contribution in [1.29, 1.82) is 0 Å². The number of rotatable bonds is 3. The van der Waals surface area contributed by atoms with Gasteiger partial charge in [0.15, 0.2) is 0 Å². The summed E-state index contributed by atoms with van der Waals surface area (Å²) < 4.78 is 5.49. The van der Waals surface area contributed by atoms with E-state index in [0.717, 1.165) is 0 Å². The van der Waals surface area contributed by atoms with Crippen LogP contribution < -0.4 is 0 Å². The first-order valence-corrected chi connectivity index (χ1v) is 6.17. The lowest BCUT2D eigenvalue weighted by Gasteiger charge is -2.09. The molecule has 1 aliphatic rings. The summed E-state index contributed by atoms with van der Waals surface area (Å²) in [5.74, 6) is 0.496. The maximum Gasteiger partial charge on any atom is 0.271 e. The summed E-state index contributed by atoms with van der Waals surface area (Å²) in [4.78, 5) is 17.5. The molecule has 0 unspecified atom stereocenters. The van der Waals surface area contributed by atoms with Crippen molar-refractivity contribution in [1.82, 2.24) is 9.97 Å². The van der Waals surface area contributed by atoms with Crippen LogP contribution in [0.15, 0.2) is 18.2 Å². The fourth-order valence-electron chi connectivity index (χ4n) is 2.35. The molecule has 0 saturated carbocycles. The Kier molecular flexibility index (Phi) is 3.13. The van der Waals surface area contributed by atoms with Crippen LogP contribution in [0.5, 0.6) is 0 Å². The van der Waals surface area contributed by atoms with Gasteiger partial charge >= 0.3 is 0 Å². The van der Waals surface area contributed by atoms with Crippen LogP contribution in [0, 0.1) is 10.1 Å². The van der Waals surface area contributed by atoms with Gasteiger partial charge in [-0.2, -0.15) is 0 Å². The molecule has 2 aromatic rings. The van der Waals surface area contributed by atoms with Crippen molar-refractivity contribution < 1.29 is 19.9 Å². The number of nitro groups is 1. The lowest BCUT2D eigenvalue weighted by Crippen LogP contribution is -2.24. The monoisotopic (exact) mass is 279 g/mol. The van der Waals surface area contributed by atoms with Crippen molar-refractivity contribution in [2.75, 3.05) is 6.61 Å². The second kappa shape index (κ2) is 4.82. The van der Waals surface area contributed by atoms with E-state index in [1.807, 2.05) is 0 Å². The van der Waals surface area contributed by atoms with E-state index in [9.17, 15) is 15.2 Å². The molecule has 1 fully saturated rings. The van der Waals surface area contributed by atoms with Crippen molar-refractivity contribution in [2.45, 2.75) is 24.7 Å². The van der Waals surface area contributed by atoms with Gasteiger partial charge in [0.2, 0.25) is 0 Å². The van der Waals surface area contributed by atoms with E-state index in [1.165, 1.54) is 12.1 Å². The lowest BCUT2D eigenvalue weighted by molar-refractivity contribution is -0.384. The van der Waals surface area contributed by atoms with Gasteiger partial charge in [-0.1, -0.05) is 0 Å². The fraction of sp³-hybridized carbons (Fsp3) is 0.417. The van der Waals surface area contributed by atoms with Gasteiger partial charge in [-0.3, -0.25) is 10.1 Å². The molecular formula is C12H13N3O5. The van der Waals surface area contributed by atoms with E-state index in [0.29, 0.717) is 23.3 Å². The summed E-state index contributed by atoms with van der Waals surface area (Å²) in [5.41, 5.74) is 1.11. The number of ether oxygens (including phenoxy) is 1. The largest absolute Gasteiger partial charge is 0.394 e. The average molecular weight is 279 g/mol. The molecule has 0 aliphatic carbocycles. The van der Waals surface area contributed by atoms with Crippen molar-refractivity contribution >= 4 is 16.7 Å². The van der Waals surface area contributed by atoms with Gasteiger partial charge in [-0.05, 0) is 6.07 Å². The zero-order valence-corrected chi connectivity index (χ0v) is 10.4. The number of H-pyrrole nitrogens is 1. The molecule has 3 atom stereocenters. The van der Waals surface area contributed by atoms with Crippen LogP contribution in [0.1, 0.15) is 18.3 Å². The first-order chi connectivity index (χ1) is 9.58. The van der Waals surface area contributed by atoms with Gasteiger partial charge < -0.3 is 19.9 Å². The number of benzene rings is 1. The molecule has 3 rings (SSSR count). The first kappa shape index (κ1) is 13.0. The molecule has 20 heavy (non-hydrogen) atoms. The molecule has 1 aliphatic heterocycles. The van der Waals surface area contributed by atoms with Gasteiger partial charge in [-0.25, -0.2) is 4.98 Å². The molecule has 0 bridgehead atoms. The predicted molar refractivity (Wildman–Crippen MR) is 68.1 cm³/mol. The third-order valence-corrected chi connectivity index (χ3v) is 3.40. The Balaban J connectivity index is 1.92. The predicted octanol–water partition coefficient (Wildman–Crippen LogP) is 0.654. The van der Waals surface area contributed by atoms with Crippen molar-refractivity contribution in [3.05, 3.63) is 34.1 Å². The summed E-state index contributed by atoms with van der Waals surface area (Å²) in [5, 5.41) is 29.5. The number of aromatic nitrogens is 2. The van der Waals surface area contributed by atoms with Gasteiger partial charge in [0.1, 0.15) is 18.0 Å². The van der Waals surface area contributed by atoms with Gasteiger partial charge in [-0.15, -0.1) is 0 Å². The molecule has 1 aromatic heterocycles. The van der Waals surface area contributed by atoms with Crippen LogP contribution in [0.3, 0.4) is 0 Å². The number of nitrogens with zero attached hydrogens (tertiary/aromatic N) is 2. The number of nitrogens with one attached hydrogen (secondary N) is 1. The second-order valence-corrected chi connectivity index (χ2v) is 4.73. The van der Waals surface area contributed by atoms with Crippen molar-refractivity contribution in [2.24, 2.45) is 0 Å². The van der Waals surface area contributed by atoms with E-state index in [-0.39, 0.29) is 12.3 Å². The molecule has 3 N–H and O–H groups in total. The number of aromatic amines is 1. The highest BCUT2D eigenvalue weighted by atomic mass is 16.6. The topological polar surface area (TPSA) is 122 Å². The summed E-state index contributed by atoms with van der Waals surface area (Å²) >= 11 is 0. The van der Waals surface area contributed by atoms with E-state index in [4.69, 9.17) is 9.84 Å². The van der Waals surface area contributed by atoms with E-state index in [2.05, 4.69) is 9.97 Å². The zero-order chi connectivity index (χ0) is 14.3. The average Bonchev–Trinajstić information content (AvgIpc) is 3.00. The van der Waals surface area contributed by atoms with Crippen LogP contribution in [-0.2, 0) is 4.74 Å². The summed E-state index contributed by atoms with van der Waals surface area (Å²) in [6.45, 7) is -0.261. The Hall–Kier alpha value is -2.03. The molecule has 2 heterocycles. The molecule has 8 nitrogen and oxygen atoms in total. The highest BCUT2D eigenvalue weighted by molar-refractivity contribution is 5.77. The molecule has 106 valence electrons. The Morgan fingerprint density at radius 1 is 1.55 bits per heavy atom. The SMILES string of the molecule is O=[N+]([O-])c1ccc2nc([C@H]3C[C@H](O)[C@@H](CO)O3)[nH]c2c1. The quantitative estimate of drug-likeness (QED) is 0.560. The molecule has 0 radical (unpaired) electrons. The molecule has 1 aromatic carbocycles. The van der Waals surface area contributed by atoms with Crippen LogP contribution in [0.25, 0.3) is 11.0 Å². The third-order valence-electron chi connectivity index (χ3n) is 3.40. The van der Waals surface area contributed by atoms with E-state index < -0.39 is 23.2 Å². The maximum absolute atomic E-state index is 10.7. The van der Waals surface area contributed by atoms with Crippen LogP contribution in [0.4, 0.5) is 5.69 Å². The molecule has 1 saturated heterocycles. The van der Waals surface area contributed by atoms with Gasteiger partial charge in [0, 0.05) is 18.6 Å². The van der Waals surface area contributed by atoms with Crippen molar-refractivity contribution in [3.8, 4) is 0 Å². The van der Waals surface area contributed by atoms with Crippen LogP contribution in [-0.4, -0.2) is 43.9 Å². The highest BCUT2D eigenvalue weighted by Crippen LogP contribution is 2.32. The number of hydrogen-bond acceptors (Lipinski definition) is 6. The van der Waals surface area contributed by atoms with Crippen LogP contribution in [0.2, 0.25) is 0 Å².